The molecule has 1 N–H and O–H groups in total. The maximum atomic E-state index is 12.1. The number of aryl methyl sites for hydroxylation is 1. The predicted molar refractivity (Wildman–Crippen MR) is 90.3 cm³/mol. The van der Waals surface area contributed by atoms with E-state index in [1.54, 1.807) is 44.1 Å². The van der Waals surface area contributed by atoms with Gasteiger partial charge in [0, 0.05) is 12.6 Å². The van der Waals surface area contributed by atoms with Crippen molar-refractivity contribution in [3.63, 3.8) is 0 Å². The Labute approximate surface area is 142 Å². The van der Waals surface area contributed by atoms with Gasteiger partial charge in [-0.1, -0.05) is 0 Å². The van der Waals surface area contributed by atoms with Crippen LogP contribution in [0.5, 0.6) is 11.5 Å². The molecule has 0 fully saturated rings. The molecule has 2 aromatic rings. The molecule has 0 saturated carbocycles. The first-order chi connectivity index (χ1) is 11.0. The fourth-order valence-corrected chi connectivity index (χ4v) is 2.40. The Kier molecular flexibility index (Phi) is 5.38. The average Bonchev–Trinajstić information content (AvgIpc) is 2.82. The van der Waals surface area contributed by atoms with Gasteiger partial charge in [-0.3, -0.25) is 9.48 Å². The molecule has 0 radical (unpaired) electrons. The van der Waals surface area contributed by atoms with Crippen LogP contribution >= 0.6 is 15.9 Å². The fourth-order valence-electron chi connectivity index (χ4n) is 1.88. The molecule has 0 aliphatic rings. The quantitative estimate of drug-likeness (QED) is 0.637. The fraction of sp³-hybridized carbons (Fsp3) is 0.267. The number of methoxy groups -OCH3 is 2. The number of rotatable bonds is 5. The number of benzene rings is 1. The lowest BCUT2D eigenvalue weighted by Gasteiger charge is -2.06. The molecular formula is C15H17BrN4O3. The van der Waals surface area contributed by atoms with Gasteiger partial charge < -0.3 is 9.47 Å². The van der Waals surface area contributed by atoms with Gasteiger partial charge in [0.2, 0.25) is 0 Å². The molecule has 0 saturated heterocycles. The van der Waals surface area contributed by atoms with Crippen LogP contribution in [0.15, 0.2) is 27.8 Å². The van der Waals surface area contributed by atoms with Crippen LogP contribution in [-0.2, 0) is 7.05 Å². The van der Waals surface area contributed by atoms with E-state index in [0.717, 1.165) is 5.69 Å². The van der Waals surface area contributed by atoms with E-state index in [2.05, 4.69) is 31.6 Å². The molecule has 0 atom stereocenters. The number of ether oxygens (including phenoxy) is 2. The molecule has 1 amide bonds. The highest BCUT2D eigenvalue weighted by molar-refractivity contribution is 9.10. The summed E-state index contributed by atoms with van der Waals surface area (Å²) >= 11 is 3.35. The Bertz CT molecular complexity index is 755. The van der Waals surface area contributed by atoms with Crippen molar-refractivity contribution in [3.8, 4) is 11.5 Å². The summed E-state index contributed by atoms with van der Waals surface area (Å²) in [7, 11) is 4.90. The minimum Gasteiger partial charge on any atom is -0.497 e. The summed E-state index contributed by atoms with van der Waals surface area (Å²) in [4.78, 5) is 12.1. The van der Waals surface area contributed by atoms with Gasteiger partial charge in [-0.05, 0) is 41.1 Å². The van der Waals surface area contributed by atoms with Gasteiger partial charge in [0.25, 0.3) is 5.91 Å². The van der Waals surface area contributed by atoms with Gasteiger partial charge in [0.15, 0.2) is 5.69 Å². The van der Waals surface area contributed by atoms with E-state index in [1.807, 2.05) is 6.92 Å². The highest BCUT2D eigenvalue weighted by Gasteiger charge is 2.17. The van der Waals surface area contributed by atoms with Gasteiger partial charge in [0.05, 0.1) is 30.6 Å². The van der Waals surface area contributed by atoms with E-state index in [0.29, 0.717) is 21.5 Å². The predicted octanol–water partition coefficient (Wildman–Crippen LogP) is 2.27. The average molecular weight is 381 g/mol. The number of aromatic nitrogens is 2. The highest BCUT2D eigenvalue weighted by Crippen LogP contribution is 2.22. The monoisotopic (exact) mass is 380 g/mol. The smallest absolute Gasteiger partial charge is 0.293 e. The van der Waals surface area contributed by atoms with Crippen molar-refractivity contribution in [2.75, 3.05) is 14.2 Å². The van der Waals surface area contributed by atoms with E-state index in [-0.39, 0.29) is 5.69 Å². The largest absolute Gasteiger partial charge is 0.497 e. The van der Waals surface area contributed by atoms with Gasteiger partial charge >= 0.3 is 0 Å². The molecular weight excluding hydrogens is 364 g/mol. The second kappa shape index (κ2) is 7.28. The molecule has 1 aromatic heterocycles. The number of hydrazone groups is 1. The summed E-state index contributed by atoms with van der Waals surface area (Å²) in [5.74, 6) is 0.888. The molecule has 7 nitrogen and oxygen atoms in total. The Morgan fingerprint density at radius 3 is 2.70 bits per heavy atom. The Morgan fingerprint density at radius 2 is 2.13 bits per heavy atom. The maximum Gasteiger partial charge on any atom is 0.293 e. The molecule has 1 heterocycles. The number of halogens is 1. The van der Waals surface area contributed by atoms with Crippen molar-refractivity contribution in [1.82, 2.24) is 15.2 Å². The third-order valence-corrected chi connectivity index (χ3v) is 4.23. The molecule has 1 aromatic carbocycles. The van der Waals surface area contributed by atoms with Gasteiger partial charge in [-0.2, -0.15) is 10.2 Å². The van der Waals surface area contributed by atoms with Gasteiger partial charge in [0.1, 0.15) is 11.5 Å². The lowest BCUT2D eigenvalue weighted by atomic mass is 10.2. The first-order valence-corrected chi connectivity index (χ1v) is 7.51. The summed E-state index contributed by atoms with van der Waals surface area (Å²) in [6, 6.07) is 5.30. The normalized spacial score (nSPS) is 10.8. The summed E-state index contributed by atoms with van der Waals surface area (Å²) in [5.41, 5.74) is 4.26. The topological polar surface area (TPSA) is 77.7 Å². The summed E-state index contributed by atoms with van der Waals surface area (Å²) in [5, 5.41) is 8.09. The summed E-state index contributed by atoms with van der Waals surface area (Å²) in [6.45, 7) is 1.86. The van der Waals surface area contributed by atoms with Crippen LogP contribution in [-0.4, -0.2) is 36.1 Å². The highest BCUT2D eigenvalue weighted by atomic mass is 79.9. The second-order valence-electron chi connectivity index (χ2n) is 4.68. The first-order valence-electron chi connectivity index (χ1n) is 6.72. The second-order valence-corrected chi connectivity index (χ2v) is 5.47. The van der Waals surface area contributed by atoms with Crippen LogP contribution in [0, 0.1) is 6.92 Å². The van der Waals surface area contributed by atoms with Crippen molar-refractivity contribution in [2.45, 2.75) is 6.92 Å². The Morgan fingerprint density at radius 1 is 1.39 bits per heavy atom. The van der Waals surface area contributed by atoms with Crippen LogP contribution in [0.1, 0.15) is 21.7 Å². The molecule has 23 heavy (non-hydrogen) atoms. The summed E-state index contributed by atoms with van der Waals surface area (Å²) in [6.07, 6.45) is 1.49. The van der Waals surface area contributed by atoms with Crippen LogP contribution in [0.3, 0.4) is 0 Å². The number of carbonyl (C=O) groups excluding carboxylic acids is 1. The minimum atomic E-state index is -0.404. The number of carbonyl (C=O) groups is 1. The van der Waals surface area contributed by atoms with Crippen molar-refractivity contribution in [1.29, 1.82) is 0 Å². The zero-order valence-corrected chi connectivity index (χ0v) is 14.8. The molecule has 122 valence electrons. The third-order valence-electron chi connectivity index (χ3n) is 3.28. The third kappa shape index (κ3) is 3.70. The molecule has 0 spiro atoms. The van der Waals surface area contributed by atoms with Crippen molar-refractivity contribution in [2.24, 2.45) is 12.1 Å². The standard InChI is InChI=1S/C15H17BrN4O3/c1-9-13(16)14(19-20(9)2)15(21)18-17-8-10-7-11(22-3)5-6-12(10)23-4/h5-8H,1-4H3,(H,18,21)/b17-8+. The minimum absolute atomic E-state index is 0.278. The zero-order valence-electron chi connectivity index (χ0n) is 13.3. The van der Waals surface area contributed by atoms with Crippen LogP contribution < -0.4 is 14.9 Å². The number of nitrogens with zero attached hydrogens (tertiary/aromatic N) is 3. The lowest BCUT2D eigenvalue weighted by Crippen LogP contribution is -2.19. The summed E-state index contributed by atoms with van der Waals surface area (Å²) < 4.78 is 12.7. The number of amides is 1. The number of nitrogens with one attached hydrogen (secondary N) is 1. The molecule has 8 heteroatoms. The molecule has 0 unspecified atom stereocenters. The van der Waals surface area contributed by atoms with Crippen LogP contribution in [0.4, 0.5) is 0 Å². The van der Waals surface area contributed by atoms with E-state index < -0.39 is 5.91 Å². The van der Waals surface area contributed by atoms with Crippen LogP contribution in [0.25, 0.3) is 0 Å². The lowest BCUT2D eigenvalue weighted by molar-refractivity contribution is 0.0948. The van der Waals surface area contributed by atoms with Crippen LogP contribution in [0.2, 0.25) is 0 Å². The van der Waals surface area contributed by atoms with E-state index >= 15 is 0 Å². The zero-order chi connectivity index (χ0) is 17.0. The van der Waals surface area contributed by atoms with Crippen molar-refractivity contribution < 1.29 is 14.3 Å². The maximum absolute atomic E-state index is 12.1. The molecule has 0 aliphatic carbocycles. The molecule has 0 bridgehead atoms. The van der Waals surface area contributed by atoms with Crippen molar-refractivity contribution in [3.05, 3.63) is 39.6 Å². The van der Waals surface area contributed by atoms with Gasteiger partial charge in [-0.25, -0.2) is 5.43 Å². The Hall–Kier alpha value is -2.35. The SMILES string of the molecule is COc1ccc(OC)c(/C=N/NC(=O)c2nn(C)c(C)c2Br)c1. The number of hydrogen-bond donors (Lipinski definition) is 1. The molecule has 0 aliphatic heterocycles. The van der Waals surface area contributed by atoms with Crippen molar-refractivity contribution >= 4 is 28.1 Å². The molecule has 2 rings (SSSR count). The number of hydrogen-bond acceptors (Lipinski definition) is 5. The van der Waals surface area contributed by atoms with E-state index in [9.17, 15) is 4.79 Å². The first kappa shape index (κ1) is 17.0. The van der Waals surface area contributed by atoms with E-state index in [1.165, 1.54) is 6.21 Å². The van der Waals surface area contributed by atoms with E-state index in [4.69, 9.17) is 9.47 Å². The van der Waals surface area contributed by atoms with Gasteiger partial charge in [-0.15, -0.1) is 0 Å². The Balaban J connectivity index is 2.15.